The number of benzene rings is 3. The molecule has 0 bridgehead atoms. The molecule has 101 valence electrons. The van der Waals surface area contributed by atoms with Gasteiger partial charge in [-0.1, -0.05) is 72.8 Å². The van der Waals surface area contributed by atoms with Gasteiger partial charge in [-0.25, -0.2) is 4.79 Å². The maximum absolute atomic E-state index is 10.7. The molecule has 0 spiro atoms. The Kier molecular flexibility index (Phi) is 3.79. The third-order valence-corrected chi connectivity index (χ3v) is 3.33. The van der Waals surface area contributed by atoms with E-state index in [0.29, 0.717) is 5.75 Å². The highest BCUT2D eigenvalue weighted by molar-refractivity contribution is 5.88. The highest BCUT2D eigenvalue weighted by atomic mass is 16.5. The van der Waals surface area contributed by atoms with Gasteiger partial charge in [0.2, 0.25) is 0 Å². The first-order valence-corrected chi connectivity index (χ1v) is 6.68. The molecule has 0 heterocycles. The lowest BCUT2D eigenvalue weighted by atomic mass is 9.94. The first kappa shape index (κ1) is 13.1. The van der Waals surface area contributed by atoms with Crippen molar-refractivity contribution in [1.82, 2.24) is 0 Å². The molecular formula is C19H13O2. The fourth-order valence-corrected chi connectivity index (χ4v) is 2.42. The zero-order valence-electron chi connectivity index (χ0n) is 11.3. The van der Waals surface area contributed by atoms with Crippen LogP contribution in [-0.2, 0) is 4.79 Å². The summed E-state index contributed by atoms with van der Waals surface area (Å²) in [6.45, 7) is 1.52. The first-order valence-electron chi connectivity index (χ1n) is 6.68. The maximum Gasteiger partial charge on any atom is 0.423 e. The van der Waals surface area contributed by atoms with E-state index in [1.54, 1.807) is 6.07 Å². The third kappa shape index (κ3) is 2.70. The molecule has 0 saturated carbocycles. The second-order valence-electron chi connectivity index (χ2n) is 4.60. The molecule has 0 unspecified atom stereocenters. The number of rotatable bonds is 4. The second-order valence-corrected chi connectivity index (χ2v) is 4.60. The van der Waals surface area contributed by atoms with Gasteiger partial charge in [-0.05, 0) is 22.8 Å². The summed E-state index contributed by atoms with van der Waals surface area (Å²) in [7, 11) is 0. The lowest BCUT2D eigenvalue weighted by Gasteiger charge is -2.13. The predicted octanol–water partition coefficient (Wildman–Crippen LogP) is 4.47. The molecule has 2 heteroatoms. The summed E-state index contributed by atoms with van der Waals surface area (Å²) in [5.74, 6) is 0.512. The van der Waals surface area contributed by atoms with Gasteiger partial charge in [-0.2, -0.15) is 0 Å². The molecule has 1 radical (unpaired) electrons. The topological polar surface area (TPSA) is 26.3 Å². The Labute approximate surface area is 123 Å². The largest absolute Gasteiger partial charge is 0.423 e. The molecule has 0 fully saturated rings. The van der Waals surface area contributed by atoms with Gasteiger partial charge in [0.15, 0.2) is 0 Å². The fraction of sp³-hybridized carbons (Fsp3) is 0. The van der Waals surface area contributed by atoms with E-state index in [-0.39, 0.29) is 0 Å². The minimum Gasteiger partial charge on any atom is -0.417 e. The Morgan fingerprint density at radius 3 is 1.90 bits per heavy atom. The van der Waals surface area contributed by atoms with Crippen molar-refractivity contribution in [2.75, 3.05) is 0 Å². The average molecular weight is 273 g/mol. The van der Waals surface area contributed by atoms with Crippen LogP contribution in [0.2, 0.25) is 0 Å². The molecule has 0 saturated heterocycles. The number of hydrogen-bond donors (Lipinski definition) is 0. The molecule has 0 aliphatic rings. The van der Waals surface area contributed by atoms with Gasteiger partial charge in [0.05, 0.1) is 0 Å². The van der Waals surface area contributed by atoms with Gasteiger partial charge in [-0.15, -0.1) is 0 Å². The van der Waals surface area contributed by atoms with Crippen LogP contribution in [-0.4, -0.2) is 6.47 Å². The van der Waals surface area contributed by atoms with Crippen LogP contribution in [0.5, 0.6) is 5.75 Å². The lowest BCUT2D eigenvalue weighted by molar-refractivity contribution is 0.443. The van der Waals surface area contributed by atoms with Crippen LogP contribution in [0.3, 0.4) is 0 Å². The first-order chi connectivity index (χ1) is 10.4. The SMILES string of the molecule is O=[C]Oc1cccc(-c2ccccc2)c1-c1ccccc1. The molecule has 0 atom stereocenters. The number of carbonyl (C=O) groups excluding carboxylic acids is 1. The lowest BCUT2D eigenvalue weighted by Crippen LogP contribution is -1.94. The standard InChI is InChI=1S/C19H13O2/c20-14-21-18-13-7-12-17(15-8-3-1-4-9-15)19(18)16-10-5-2-6-11-16/h1-13H. The molecule has 0 aliphatic carbocycles. The molecule has 21 heavy (non-hydrogen) atoms. The summed E-state index contributed by atoms with van der Waals surface area (Å²) in [5.41, 5.74) is 4.00. The van der Waals surface area contributed by atoms with Gasteiger partial charge in [0, 0.05) is 5.56 Å². The van der Waals surface area contributed by atoms with Crippen molar-refractivity contribution in [1.29, 1.82) is 0 Å². The Balaban J connectivity index is 2.25. The summed E-state index contributed by atoms with van der Waals surface area (Å²) in [6.07, 6.45) is 0. The molecular weight excluding hydrogens is 260 g/mol. The molecule has 3 rings (SSSR count). The fourth-order valence-electron chi connectivity index (χ4n) is 2.42. The van der Waals surface area contributed by atoms with E-state index >= 15 is 0 Å². The minimum absolute atomic E-state index is 0.512. The van der Waals surface area contributed by atoms with Crippen molar-refractivity contribution in [3.8, 4) is 28.0 Å². The Morgan fingerprint density at radius 1 is 0.667 bits per heavy atom. The minimum atomic E-state index is 0.512. The van der Waals surface area contributed by atoms with Gasteiger partial charge in [0.25, 0.3) is 0 Å². The van der Waals surface area contributed by atoms with E-state index in [4.69, 9.17) is 4.74 Å². The zero-order valence-corrected chi connectivity index (χ0v) is 11.3. The van der Waals surface area contributed by atoms with Crippen LogP contribution < -0.4 is 4.74 Å². The van der Waals surface area contributed by atoms with Gasteiger partial charge >= 0.3 is 6.47 Å². The molecule has 3 aromatic rings. The van der Waals surface area contributed by atoms with Crippen molar-refractivity contribution in [3.63, 3.8) is 0 Å². The Bertz CT molecular complexity index is 734. The van der Waals surface area contributed by atoms with Crippen LogP contribution >= 0.6 is 0 Å². The van der Waals surface area contributed by atoms with Crippen molar-refractivity contribution in [2.24, 2.45) is 0 Å². The van der Waals surface area contributed by atoms with E-state index in [1.165, 1.54) is 6.47 Å². The Morgan fingerprint density at radius 2 is 1.29 bits per heavy atom. The van der Waals surface area contributed by atoms with Crippen LogP contribution in [0.4, 0.5) is 0 Å². The summed E-state index contributed by atoms with van der Waals surface area (Å²) in [4.78, 5) is 10.7. The van der Waals surface area contributed by atoms with Crippen molar-refractivity contribution >= 4 is 6.47 Å². The zero-order chi connectivity index (χ0) is 14.5. The number of ether oxygens (including phenoxy) is 1. The monoisotopic (exact) mass is 273 g/mol. The van der Waals surface area contributed by atoms with E-state index in [2.05, 4.69) is 0 Å². The van der Waals surface area contributed by atoms with E-state index in [9.17, 15) is 4.79 Å². The van der Waals surface area contributed by atoms with Crippen molar-refractivity contribution < 1.29 is 9.53 Å². The van der Waals surface area contributed by atoms with E-state index in [1.807, 2.05) is 72.8 Å². The van der Waals surface area contributed by atoms with Gasteiger partial charge in [0.1, 0.15) is 5.75 Å². The van der Waals surface area contributed by atoms with Crippen molar-refractivity contribution in [2.45, 2.75) is 0 Å². The van der Waals surface area contributed by atoms with E-state index in [0.717, 1.165) is 22.3 Å². The highest BCUT2D eigenvalue weighted by Gasteiger charge is 2.13. The summed E-state index contributed by atoms with van der Waals surface area (Å²) >= 11 is 0. The number of hydrogen-bond acceptors (Lipinski definition) is 2. The normalized spacial score (nSPS) is 10.1. The summed E-state index contributed by atoms with van der Waals surface area (Å²) in [5, 5.41) is 0. The van der Waals surface area contributed by atoms with Gasteiger partial charge in [-0.3, -0.25) is 0 Å². The average Bonchev–Trinajstić information content (AvgIpc) is 2.56. The molecule has 0 aromatic heterocycles. The molecule has 0 amide bonds. The molecule has 0 aliphatic heterocycles. The molecule has 0 N–H and O–H groups in total. The van der Waals surface area contributed by atoms with Crippen LogP contribution in [0, 0.1) is 0 Å². The summed E-state index contributed by atoms with van der Waals surface area (Å²) in [6, 6.07) is 25.6. The van der Waals surface area contributed by atoms with Crippen LogP contribution in [0.1, 0.15) is 0 Å². The van der Waals surface area contributed by atoms with Crippen LogP contribution in [0.15, 0.2) is 78.9 Å². The third-order valence-electron chi connectivity index (χ3n) is 3.33. The maximum atomic E-state index is 10.7. The predicted molar refractivity (Wildman–Crippen MR) is 83.6 cm³/mol. The quantitative estimate of drug-likeness (QED) is 0.701. The van der Waals surface area contributed by atoms with E-state index < -0.39 is 0 Å². The smallest absolute Gasteiger partial charge is 0.417 e. The highest BCUT2D eigenvalue weighted by Crippen LogP contribution is 2.38. The molecule has 3 aromatic carbocycles. The van der Waals surface area contributed by atoms with Gasteiger partial charge < -0.3 is 4.74 Å². The second kappa shape index (κ2) is 6.06. The van der Waals surface area contributed by atoms with Crippen LogP contribution in [0.25, 0.3) is 22.3 Å². The Hall–Kier alpha value is -2.87. The van der Waals surface area contributed by atoms with Crippen molar-refractivity contribution in [3.05, 3.63) is 78.9 Å². The molecule has 2 nitrogen and oxygen atoms in total. The summed E-state index contributed by atoms with van der Waals surface area (Å²) < 4.78 is 5.05.